The Morgan fingerprint density at radius 1 is 0.283 bits per heavy atom. The SMILES string of the molecule is c1ccc(-c2ccc(-c3c(N(c4ccc5c(c4)oc4ccccc45)c4ccc5oc6ccccc6c5c4)c4ccccc4c4ccccc34)cc2)cc1. The van der Waals surface area contributed by atoms with Crippen molar-refractivity contribution in [1.29, 1.82) is 0 Å². The van der Waals surface area contributed by atoms with Crippen LogP contribution in [0.25, 0.3) is 87.7 Å². The van der Waals surface area contributed by atoms with E-state index in [0.29, 0.717) is 0 Å². The van der Waals surface area contributed by atoms with Crippen LogP contribution < -0.4 is 4.90 Å². The maximum absolute atomic E-state index is 6.52. The minimum Gasteiger partial charge on any atom is -0.456 e. The van der Waals surface area contributed by atoms with Gasteiger partial charge in [-0.2, -0.15) is 0 Å². The first-order chi connectivity index (χ1) is 26.3. The summed E-state index contributed by atoms with van der Waals surface area (Å²) in [6, 6.07) is 66.9. The summed E-state index contributed by atoms with van der Waals surface area (Å²) in [5.74, 6) is 0. The number of benzene rings is 9. The molecular formula is C50H31NO2. The molecule has 2 heterocycles. The average Bonchev–Trinajstić information content (AvgIpc) is 3.79. The lowest BCUT2D eigenvalue weighted by molar-refractivity contribution is 0.668. The second kappa shape index (κ2) is 11.7. The van der Waals surface area contributed by atoms with E-state index < -0.39 is 0 Å². The Hall–Kier alpha value is -7.10. The van der Waals surface area contributed by atoms with Crippen molar-refractivity contribution in [2.75, 3.05) is 4.90 Å². The van der Waals surface area contributed by atoms with Crippen molar-refractivity contribution in [1.82, 2.24) is 0 Å². The fourth-order valence-corrected chi connectivity index (χ4v) is 8.22. The molecule has 9 aromatic carbocycles. The van der Waals surface area contributed by atoms with Crippen molar-refractivity contribution < 1.29 is 8.83 Å². The van der Waals surface area contributed by atoms with E-state index in [-0.39, 0.29) is 0 Å². The van der Waals surface area contributed by atoms with Crippen molar-refractivity contribution in [2.24, 2.45) is 0 Å². The maximum Gasteiger partial charge on any atom is 0.137 e. The quantitative estimate of drug-likeness (QED) is 0.170. The normalized spacial score (nSPS) is 11.8. The highest BCUT2D eigenvalue weighted by molar-refractivity contribution is 6.23. The summed E-state index contributed by atoms with van der Waals surface area (Å²) in [6.07, 6.45) is 0. The lowest BCUT2D eigenvalue weighted by Crippen LogP contribution is -2.12. The second-order valence-corrected chi connectivity index (χ2v) is 13.7. The molecule has 3 nitrogen and oxygen atoms in total. The molecule has 0 radical (unpaired) electrons. The van der Waals surface area contributed by atoms with E-state index in [0.717, 1.165) is 71.9 Å². The number of nitrogens with zero attached hydrogens (tertiary/aromatic N) is 1. The maximum atomic E-state index is 6.52. The van der Waals surface area contributed by atoms with Gasteiger partial charge in [-0.25, -0.2) is 0 Å². The van der Waals surface area contributed by atoms with Crippen molar-refractivity contribution in [2.45, 2.75) is 0 Å². The van der Waals surface area contributed by atoms with Crippen LogP contribution in [0.15, 0.2) is 197 Å². The van der Waals surface area contributed by atoms with Crippen molar-refractivity contribution in [3.8, 4) is 22.3 Å². The largest absolute Gasteiger partial charge is 0.456 e. The Morgan fingerprint density at radius 2 is 0.755 bits per heavy atom. The molecule has 0 spiro atoms. The standard InChI is InChI=1S/C50H31NO2/c1-2-12-32(13-3-1)33-22-24-34(25-23-33)49-42-18-6-4-14-37(42)38-15-5-7-19-43(38)50(49)51(35-27-29-47-44(30-35)40-17-9-11-21-46(40)52-47)36-26-28-41-39-16-8-10-20-45(39)53-48(41)31-36/h1-31H. The Morgan fingerprint density at radius 3 is 1.49 bits per heavy atom. The number of rotatable bonds is 5. The van der Waals surface area contributed by atoms with E-state index in [1.807, 2.05) is 24.3 Å². The smallest absolute Gasteiger partial charge is 0.137 e. The highest BCUT2D eigenvalue weighted by Crippen LogP contribution is 2.50. The zero-order valence-corrected chi connectivity index (χ0v) is 28.7. The van der Waals surface area contributed by atoms with E-state index in [9.17, 15) is 0 Å². The Labute approximate surface area is 305 Å². The van der Waals surface area contributed by atoms with Crippen LogP contribution >= 0.6 is 0 Å². The van der Waals surface area contributed by atoms with Crippen LogP contribution in [-0.4, -0.2) is 0 Å². The summed E-state index contributed by atoms with van der Waals surface area (Å²) in [5, 5.41) is 9.16. The molecule has 11 rings (SSSR count). The summed E-state index contributed by atoms with van der Waals surface area (Å²) in [5.41, 5.74) is 11.3. The van der Waals surface area contributed by atoms with E-state index in [1.54, 1.807) is 0 Å². The van der Waals surface area contributed by atoms with Crippen LogP contribution in [0.5, 0.6) is 0 Å². The average molecular weight is 678 g/mol. The first-order valence-corrected chi connectivity index (χ1v) is 18.0. The second-order valence-electron chi connectivity index (χ2n) is 13.7. The van der Waals surface area contributed by atoms with Crippen molar-refractivity contribution in [3.05, 3.63) is 188 Å². The van der Waals surface area contributed by atoms with E-state index in [2.05, 4.69) is 169 Å². The summed E-state index contributed by atoms with van der Waals surface area (Å²) in [7, 11) is 0. The molecule has 2 aromatic heterocycles. The van der Waals surface area contributed by atoms with Crippen molar-refractivity contribution >= 4 is 82.5 Å². The predicted octanol–water partition coefficient (Wildman–Crippen LogP) is 14.6. The lowest BCUT2D eigenvalue weighted by Gasteiger charge is -2.30. The van der Waals surface area contributed by atoms with E-state index in [4.69, 9.17) is 8.83 Å². The Bertz CT molecular complexity index is 3170. The molecule has 0 aliphatic rings. The van der Waals surface area contributed by atoms with Gasteiger partial charge in [-0.3, -0.25) is 0 Å². The molecular weight excluding hydrogens is 647 g/mol. The van der Waals surface area contributed by atoms with Gasteiger partial charge in [0.25, 0.3) is 0 Å². The number of hydrogen-bond donors (Lipinski definition) is 0. The molecule has 3 heteroatoms. The number of fused-ring (bicyclic) bond motifs is 9. The van der Waals surface area contributed by atoms with Gasteiger partial charge < -0.3 is 13.7 Å². The molecule has 0 aliphatic heterocycles. The number of furan rings is 2. The zero-order valence-electron chi connectivity index (χ0n) is 28.7. The summed E-state index contributed by atoms with van der Waals surface area (Å²) in [4.78, 5) is 2.42. The van der Waals surface area contributed by atoms with Gasteiger partial charge >= 0.3 is 0 Å². The number of para-hydroxylation sites is 2. The highest BCUT2D eigenvalue weighted by atomic mass is 16.3. The van der Waals surface area contributed by atoms with Gasteiger partial charge in [0.1, 0.15) is 22.3 Å². The van der Waals surface area contributed by atoms with E-state index >= 15 is 0 Å². The Balaban J connectivity index is 1.25. The molecule has 53 heavy (non-hydrogen) atoms. The van der Waals surface area contributed by atoms with Crippen LogP contribution in [0.1, 0.15) is 0 Å². The third-order valence-electron chi connectivity index (χ3n) is 10.6. The van der Waals surface area contributed by atoms with Gasteiger partial charge in [0, 0.05) is 49.9 Å². The molecule has 248 valence electrons. The molecule has 0 saturated carbocycles. The topological polar surface area (TPSA) is 29.5 Å². The molecule has 0 saturated heterocycles. The van der Waals surface area contributed by atoms with Crippen LogP contribution in [0.3, 0.4) is 0 Å². The molecule has 11 aromatic rings. The number of anilines is 3. The number of hydrogen-bond acceptors (Lipinski definition) is 3. The molecule has 0 fully saturated rings. The van der Waals surface area contributed by atoms with Crippen LogP contribution in [0.4, 0.5) is 17.1 Å². The first kappa shape index (κ1) is 29.6. The highest BCUT2D eigenvalue weighted by Gasteiger charge is 2.25. The molecule has 0 amide bonds. The summed E-state index contributed by atoms with van der Waals surface area (Å²) in [6.45, 7) is 0. The summed E-state index contributed by atoms with van der Waals surface area (Å²) >= 11 is 0. The minimum absolute atomic E-state index is 0.849. The predicted molar refractivity (Wildman–Crippen MR) is 222 cm³/mol. The first-order valence-electron chi connectivity index (χ1n) is 18.0. The fraction of sp³-hybridized carbons (Fsp3) is 0. The molecule has 0 bridgehead atoms. The lowest BCUT2D eigenvalue weighted by atomic mass is 9.89. The van der Waals surface area contributed by atoms with Gasteiger partial charge in [0.05, 0.1) is 5.69 Å². The van der Waals surface area contributed by atoms with Crippen LogP contribution in [0, 0.1) is 0 Å². The van der Waals surface area contributed by atoms with Crippen LogP contribution in [-0.2, 0) is 0 Å². The minimum atomic E-state index is 0.849. The molecule has 0 unspecified atom stereocenters. The van der Waals surface area contributed by atoms with Gasteiger partial charge in [-0.1, -0.05) is 140 Å². The monoisotopic (exact) mass is 677 g/mol. The molecule has 0 atom stereocenters. The van der Waals surface area contributed by atoms with Gasteiger partial charge in [0.2, 0.25) is 0 Å². The van der Waals surface area contributed by atoms with Gasteiger partial charge in [0.15, 0.2) is 0 Å². The van der Waals surface area contributed by atoms with E-state index in [1.165, 1.54) is 32.8 Å². The van der Waals surface area contributed by atoms with Gasteiger partial charge in [-0.05, 0) is 75.3 Å². The van der Waals surface area contributed by atoms with Crippen LogP contribution in [0.2, 0.25) is 0 Å². The third-order valence-corrected chi connectivity index (χ3v) is 10.6. The third kappa shape index (κ3) is 4.68. The Kier molecular flexibility index (Phi) is 6.55. The van der Waals surface area contributed by atoms with Crippen molar-refractivity contribution in [3.63, 3.8) is 0 Å². The summed E-state index contributed by atoms with van der Waals surface area (Å²) < 4.78 is 12.8. The zero-order chi connectivity index (χ0) is 34.9. The molecule has 0 aliphatic carbocycles. The van der Waals surface area contributed by atoms with Gasteiger partial charge in [-0.15, -0.1) is 0 Å². The fourth-order valence-electron chi connectivity index (χ4n) is 8.22. The molecule has 0 N–H and O–H groups in total.